The van der Waals surface area contributed by atoms with Crippen molar-refractivity contribution in [3.63, 3.8) is 0 Å². The van der Waals surface area contributed by atoms with Gasteiger partial charge in [0.05, 0.1) is 10.3 Å². The molecule has 0 aliphatic carbocycles. The second kappa shape index (κ2) is 7.98. The number of rotatable bonds is 4. The Labute approximate surface area is 189 Å². The summed E-state index contributed by atoms with van der Waals surface area (Å²) in [5, 5.41) is 5.28. The predicted molar refractivity (Wildman–Crippen MR) is 128 cm³/mol. The van der Waals surface area contributed by atoms with Crippen molar-refractivity contribution in [1.82, 2.24) is 14.3 Å². The average Bonchev–Trinajstić information content (AvgIpc) is 3.43. The second-order valence-corrected chi connectivity index (χ2v) is 11.3. The summed E-state index contributed by atoms with van der Waals surface area (Å²) in [6.07, 6.45) is 0. The Morgan fingerprint density at radius 1 is 0.935 bits per heavy atom. The number of nitrogens with zero attached hydrogens (tertiary/aromatic N) is 4. The summed E-state index contributed by atoms with van der Waals surface area (Å²) in [6.45, 7) is 5.91. The molecule has 1 saturated heterocycles. The molecule has 0 unspecified atom stereocenters. The van der Waals surface area contributed by atoms with Gasteiger partial charge in [0.25, 0.3) is 0 Å². The molecule has 1 aliphatic heterocycles. The van der Waals surface area contributed by atoms with Gasteiger partial charge < -0.3 is 4.90 Å². The van der Waals surface area contributed by atoms with Crippen LogP contribution in [0.3, 0.4) is 0 Å². The lowest BCUT2D eigenvalue weighted by atomic mass is 10.2. The lowest BCUT2D eigenvalue weighted by Crippen LogP contribution is -2.49. The summed E-state index contributed by atoms with van der Waals surface area (Å²) in [5.41, 5.74) is 2.20. The first kappa shape index (κ1) is 20.6. The number of anilines is 1. The lowest BCUT2D eigenvalue weighted by molar-refractivity contribution is 0.384. The standard InChI is InChI=1S/C22H22N4O2S3/c1-15-5-7-17(8-6-15)31(27,28)26-11-9-25(10-12-26)21-20-18(19-4-3-13-29-19)14-30-22(20)24-16(2)23-21/h3-8,13-14H,9-12H2,1-2H3. The number of hydrogen-bond donors (Lipinski definition) is 0. The molecule has 1 aromatic carbocycles. The van der Waals surface area contributed by atoms with Gasteiger partial charge in [-0.25, -0.2) is 18.4 Å². The molecule has 5 rings (SSSR count). The molecule has 1 aliphatic rings. The molecule has 0 amide bonds. The van der Waals surface area contributed by atoms with E-state index >= 15 is 0 Å². The molecule has 160 valence electrons. The molecule has 4 heterocycles. The fourth-order valence-electron chi connectivity index (χ4n) is 3.87. The van der Waals surface area contributed by atoms with Crippen molar-refractivity contribution in [3.8, 4) is 10.4 Å². The number of aryl methyl sites for hydroxylation is 2. The van der Waals surface area contributed by atoms with Gasteiger partial charge in [0.15, 0.2) is 0 Å². The van der Waals surface area contributed by atoms with Crippen LogP contribution in [-0.2, 0) is 10.0 Å². The minimum absolute atomic E-state index is 0.352. The van der Waals surface area contributed by atoms with Crippen LogP contribution in [0, 0.1) is 13.8 Å². The van der Waals surface area contributed by atoms with E-state index in [2.05, 4.69) is 26.7 Å². The Morgan fingerprint density at radius 2 is 1.68 bits per heavy atom. The molecule has 4 aromatic rings. The molecule has 0 saturated carbocycles. The van der Waals surface area contributed by atoms with Gasteiger partial charge in [-0.3, -0.25) is 0 Å². The van der Waals surface area contributed by atoms with Crippen molar-refractivity contribution in [1.29, 1.82) is 0 Å². The smallest absolute Gasteiger partial charge is 0.243 e. The summed E-state index contributed by atoms with van der Waals surface area (Å²) < 4.78 is 27.7. The van der Waals surface area contributed by atoms with Gasteiger partial charge in [0.1, 0.15) is 16.5 Å². The maximum atomic E-state index is 13.1. The molecule has 31 heavy (non-hydrogen) atoms. The van der Waals surface area contributed by atoms with Crippen LogP contribution in [0.1, 0.15) is 11.4 Å². The van der Waals surface area contributed by atoms with E-state index in [4.69, 9.17) is 4.98 Å². The summed E-state index contributed by atoms with van der Waals surface area (Å²) in [6, 6.07) is 11.2. The fourth-order valence-corrected chi connectivity index (χ4v) is 7.09. The molecule has 1 fully saturated rings. The predicted octanol–water partition coefficient (Wildman–Crippen LogP) is 4.55. The summed E-state index contributed by atoms with van der Waals surface area (Å²) >= 11 is 3.33. The van der Waals surface area contributed by atoms with Crippen LogP contribution in [0.5, 0.6) is 0 Å². The topological polar surface area (TPSA) is 66.4 Å². The van der Waals surface area contributed by atoms with E-state index in [0.29, 0.717) is 31.1 Å². The highest BCUT2D eigenvalue weighted by molar-refractivity contribution is 7.89. The zero-order valence-electron chi connectivity index (χ0n) is 17.3. The van der Waals surface area contributed by atoms with Gasteiger partial charge in [0, 0.05) is 42.0 Å². The van der Waals surface area contributed by atoms with Crippen molar-refractivity contribution < 1.29 is 8.42 Å². The Morgan fingerprint density at radius 3 is 2.35 bits per heavy atom. The molecule has 0 atom stereocenters. The van der Waals surface area contributed by atoms with Crippen LogP contribution in [0.2, 0.25) is 0 Å². The molecule has 6 nitrogen and oxygen atoms in total. The molecule has 3 aromatic heterocycles. The third kappa shape index (κ3) is 3.76. The monoisotopic (exact) mass is 470 g/mol. The fraction of sp³-hybridized carbons (Fsp3) is 0.273. The molecule has 0 radical (unpaired) electrons. The number of sulfonamides is 1. The molecule has 9 heteroatoms. The van der Waals surface area contributed by atoms with Gasteiger partial charge in [-0.15, -0.1) is 22.7 Å². The SMILES string of the molecule is Cc1ccc(S(=O)(=O)N2CCN(c3nc(C)nc4scc(-c5cccs5)c34)CC2)cc1. The van der Waals surface area contributed by atoms with E-state index < -0.39 is 10.0 Å². The molecule has 0 spiro atoms. The number of hydrogen-bond acceptors (Lipinski definition) is 7. The highest BCUT2D eigenvalue weighted by Crippen LogP contribution is 2.40. The first-order valence-electron chi connectivity index (χ1n) is 10.0. The zero-order chi connectivity index (χ0) is 21.6. The number of thiophene rings is 2. The van der Waals surface area contributed by atoms with E-state index in [1.165, 1.54) is 4.88 Å². The van der Waals surface area contributed by atoms with Crippen molar-refractivity contribution in [3.05, 3.63) is 58.5 Å². The molecular weight excluding hydrogens is 448 g/mol. The van der Waals surface area contributed by atoms with Crippen molar-refractivity contribution in [2.45, 2.75) is 18.7 Å². The first-order valence-corrected chi connectivity index (χ1v) is 13.2. The van der Waals surface area contributed by atoms with Crippen LogP contribution in [0.4, 0.5) is 5.82 Å². The third-order valence-electron chi connectivity index (χ3n) is 5.51. The lowest BCUT2D eigenvalue weighted by Gasteiger charge is -2.35. The van der Waals surface area contributed by atoms with Crippen LogP contribution < -0.4 is 4.90 Å². The number of benzene rings is 1. The van der Waals surface area contributed by atoms with Crippen LogP contribution in [0.15, 0.2) is 52.1 Å². The minimum Gasteiger partial charge on any atom is -0.353 e. The Balaban J connectivity index is 1.44. The normalized spacial score (nSPS) is 15.6. The average molecular weight is 471 g/mol. The van der Waals surface area contributed by atoms with Crippen molar-refractivity contribution in [2.75, 3.05) is 31.1 Å². The molecular formula is C22H22N4O2S3. The molecule has 0 N–H and O–H groups in total. The second-order valence-electron chi connectivity index (χ2n) is 7.61. The van der Waals surface area contributed by atoms with Crippen molar-refractivity contribution in [2.24, 2.45) is 0 Å². The zero-order valence-corrected chi connectivity index (χ0v) is 19.7. The van der Waals surface area contributed by atoms with Crippen molar-refractivity contribution >= 4 is 48.7 Å². The maximum absolute atomic E-state index is 13.1. The van der Waals surface area contributed by atoms with Crippen LogP contribution in [0.25, 0.3) is 20.7 Å². The highest BCUT2D eigenvalue weighted by Gasteiger charge is 2.30. The number of aromatic nitrogens is 2. The van der Waals surface area contributed by atoms with E-state index in [9.17, 15) is 8.42 Å². The van der Waals surface area contributed by atoms with Gasteiger partial charge in [-0.05, 0) is 37.4 Å². The van der Waals surface area contributed by atoms with E-state index in [1.54, 1.807) is 39.1 Å². The third-order valence-corrected chi connectivity index (χ3v) is 9.20. The largest absolute Gasteiger partial charge is 0.353 e. The summed E-state index contributed by atoms with van der Waals surface area (Å²) in [7, 11) is -3.49. The molecule has 0 bridgehead atoms. The van der Waals surface area contributed by atoms with E-state index in [0.717, 1.165) is 33.0 Å². The van der Waals surface area contributed by atoms with E-state index in [-0.39, 0.29) is 0 Å². The quantitative estimate of drug-likeness (QED) is 0.438. The summed E-state index contributed by atoms with van der Waals surface area (Å²) in [4.78, 5) is 14.1. The summed E-state index contributed by atoms with van der Waals surface area (Å²) in [5.74, 6) is 1.64. The maximum Gasteiger partial charge on any atom is 0.243 e. The van der Waals surface area contributed by atoms with Gasteiger partial charge >= 0.3 is 0 Å². The highest BCUT2D eigenvalue weighted by atomic mass is 32.2. The minimum atomic E-state index is -3.49. The number of fused-ring (bicyclic) bond motifs is 1. The first-order chi connectivity index (χ1) is 14.9. The van der Waals surface area contributed by atoms with Crippen LogP contribution >= 0.6 is 22.7 Å². The Kier molecular flexibility index (Phi) is 5.29. The van der Waals surface area contributed by atoms with E-state index in [1.807, 2.05) is 32.0 Å². The Bertz CT molecular complexity index is 1320. The van der Waals surface area contributed by atoms with Crippen LogP contribution in [-0.4, -0.2) is 48.9 Å². The Hall–Kier alpha value is -2.33. The van der Waals surface area contributed by atoms with Gasteiger partial charge in [0.2, 0.25) is 10.0 Å². The number of piperazine rings is 1. The van der Waals surface area contributed by atoms with Gasteiger partial charge in [-0.2, -0.15) is 4.31 Å². The van der Waals surface area contributed by atoms with Gasteiger partial charge in [-0.1, -0.05) is 23.8 Å².